The van der Waals surface area contributed by atoms with Gasteiger partial charge in [-0.1, -0.05) is 35.9 Å². The Labute approximate surface area is 129 Å². The van der Waals surface area contributed by atoms with Gasteiger partial charge in [0.25, 0.3) is 5.91 Å². The van der Waals surface area contributed by atoms with E-state index in [9.17, 15) is 10.1 Å². The van der Waals surface area contributed by atoms with Crippen molar-refractivity contribution in [3.05, 3.63) is 65.2 Å². The highest BCUT2D eigenvalue weighted by Gasteiger charge is 2.09. The SMILES string of the molecule is COc1cccc(NC(=O)/C(C#N)=C/c2ccc(C)cc2)c1. The summed E-state index contributed by atoms with van der Waals surface area (Å²) in [4.78, 5) is 12.2. The van der Waals surface area contributed by atoms with Crippen molar-refractivity contribution in [1.29, 1.82) is 5.26 Å². The lowest BCUT2D eigenvalue weighted by Gasteiger charge is -2.06. The van der Waals surface area contributed by atoms with Gasteiger partial charge in [0, 0.05) is 11.8 Å². The van der Waals surface area contributed by atoms with Gasteiger partial charge in [0.15, 0.2) is 0 Å². The first-order valence-corrected chi connectivity index (χ1v) is 6.76. The van der Waals surface area contributed by atoms with E-state index in [1.807, 2.05) is 37.3 Å². The normalized spacial score (nSPS) is 10.7. The molecule has 0 atom stereocenters. The van der Waals surface area contributed by atoms with Crippen LogP contribution in [0.15, 0.2) is 54.1 Å². The molecule has 2 aromatic carbocycles. The molecule has 0 saturated carbocycles. The van der Waals surface area contributed by atoms with Crippen LogP contribution in [0.2, 0.25) is 0 Å². The van der Waals surface area contributed by atoms with Crippen molar-refractivity contribution in [3.63, 3.8) is 0 Å². The number of aryl methyl sites for hydroxylation is 1. The second kappa shape index (κ2) is 7.09. The van der Waals surface area contributed by atoms with Gasteiger partial charge in [0.1, 0.15) is 17.4 Å². The van der Waals surface area contributed by atoms with E-state index in [1.165, 1.54) is 0 Å². The fourth-order valence-corrected chi connectivity index (χ4v) is 1.88. The van der Waals surface area contributed by atoms with Crippen molar-refractivity contribution in [2.75, 3.05) is 12.4 Å². The van der Waals surface area contributed by atoms with E-state index in [0.717, 1.165) is 11.1 Å². The molecule has 0 aliphatic carbocycles. The Kier molecular flexibility index (Phi) is 4.94. The first-order chi connectivity index (χ1) is 10.6. The summed E-state index contributed by atoms with van der Waals surface area (Å²) in [5.41, 5.74) is 2.56. The molecule has 2 rings (SSSR count). The maximum atomic E-state index is 12.2. The number of anilines is 1. The molecule has 0 saturated heterocycles. The summed E-state index contributed by atoms with van der Waals surface area (Å²) in [6, 6.07) is 16.5. The number of amides is 1. The van der Waals surface area contributed by atoms with Crippen LogP contribution in [-0.2, 0) is 4.79 Å². The zero-order valence-electron chi connectivity index (χ0n) is 12.5. The molecule has 0 aliphatic heterocycles. The van der Waals surface area contributed by atoms with Crippen molar-refractivity contribution in [1.82, 2.24) is 0 Å². The second-order valence-electron chi connectivity index (χ2n) is 4.77. The third-order valence-corrected chi connectivity index (χ3v) is 3.08. The zero-order chi connectivity index (χ0) is 15.9. The van der Waals surface area contributed by atoms with Crippen LogP contribution in [0.25, 0.3) is 6.08 Å². The molecular formula is C18H16N2O2. The largest absolute Gasteiger partial charge is 0.497 e. The van der Waals surface area contributed by atoms with Crippen molar-refractivity contribution in [3.8, 4) is 11.8 Å². The lowest BCUT2D eigenvalue weighted by atomic mass is 10.1. The molecule has 4 heteroatoms. The lowest BCUT2D eigenvalue weighted by Crippen LogP contribution is -2.13. The Morgan fingerprint density at radius 2 is 1.95 bits per heavy atom. The smallest absolute Gasteiger partial charge is 0.266 e. The topological polar surface area (TPSA) is 62.1 Å². The Balaban J connectivity index is 2.18. The monoisotopic (exact) mass is 292 g/mol. The molecule has 0 radical (unpaired) electrons. The number of carbonyl (C=O) groups excluding carboxylic acids is 1. The molecule has 1 N–H and O–H groups in total. The Morgan fingerprint density at radius 1 is 1.23 bits per heavy atom. The van der Waals surface area contributed by atoms with E-state index >= 15 is 0 Å². The van der Waals surface area contributed by atoms with Crippen molar-refractivity contribution in [2.45, 2.75) is 6.92 Å². The van der Waals surface area contributed by atoms with Gasteiger partial charge >= 0.3 is 0 Å². The Morgan fingerprint density at radius 3 is 2.59 bits per heavy atom. The predicted molar refractivity (Wildman–Crippen MR) is 86.4 cm³/mol. The Bertz CT molecular complexity index is 740. The highest BCUT2D eigenvalue weighted by molar-refractivity contribution is 6.09. The highest BCUT2D eigenvalue weighted by Crippen LogP contribution is 2.18. The van der Waals surface area contributed by atoms with Gasteiger partial charge in [-0.05, 0) is 30.7 Å². The number of carbonyl (C=O) groups is 1. The van der Waals surface area contributed by atoms with Gasteiger partial charge in [-0.2, -0.15) is 5.26 Å². The fraction of sp³-hybridized carbons (Fsp3) is 0.111. The number of hydrogen-bond acceptors (Lipinski definition) is 3. The highest BCUT2D eigenvalue weighted by atomic mass is 16.5. The molecule has 0 aromatic heterocycles. The van der Waals surface area contributed by atoms with Crippen LogP contribution < -0.4 is 10.1 Å². The van der Waals surface area contributed by atoms with Crippen molar-refractivity contribution >= 4 is 17.7 Å². The van der Waals surface area contributed by atoms with Crippen molar-refractivity contribution < 1.29 is 9.53 Å². The summed E-state index contributed by atoms with van der Waals surface area (Å²) in [6.45, 7) is 1.98. The third-order valence-electron chi connectivity index (χ3n) is 3.08. The number of nitriles is 1. The van der Waals surface area contributed by atoms with Crippen LogP contribution in [0.3, 0.4) is 0 Å². The minimum Gasteiger partial charge on any atom is -0.497 e. The van der Waals surface area contributed by atoms with Crippen molar-refractivity contribution in [2.24, 2.45) is 0 Å². The van der Waals surface area contributed by atoms with Gasteiger partial charge in [-0.3, -0.25) is 4.79 Å². The van der Waals surface area contributed by atoms with Crippen LogP contribution in [0.5, 0.6) is 5.75 Å². The molecule has 4 nitrogen and oxygen atoms in total. The molecule has 110 valence electrons. The Hall–Kier alpha value is -3.06. The molecule has 0 heterocycles. The minimum absolute atomic E-state index is 0.0478. The number of benzene rings is 2. The average molecular weight is 292 g/mol. The molecule has 22 heavy (non-hydrogen) atoms. The van der Waals surface area contributed by atoms with Gasteiger partial charge < -0.3 is 10.1 Å². The van der Waals surface area contributed by atoms with E-state index in [-0.39, 0.29) is 5.57 Å². The van der Waals surface area contributed by atoms with E-state index in [0.29, 0.717) is 11.4 Å². The zero-order valence-corrected chi connectivity index (χ0v) is 12.5. The molecule has 0 aliphatic rings. The molecule has 0 fully saturated rings. The van der Waals surface area contributed by atoms with E-state index < -0.39 is 5.91 Å². The average Bonchev–Trinajstić information content (AvgIpc) is 2.54. The molecule has 1 amide bonds. The fourth-order valence-electron chi connectivity index (χ4n) is 1.88. The quantitative estimate of drug-likeness (QED) is 0.692. The lowest BCUT2D eigenvalue weighted by molar-refractivity contribution is -0.112. The van der Waals surface area contributed by atoms with Crippen LogP contribution in [0.4, 0.5) is 5.69 Å². The molecular weight excluding hydrogens is 276 g/mol. The molecule has 0 spiro atoms. The summed E-state index contributed by atoms with van der Waals surface area (Å²) in [6.07, 6.45) is 1.56. The summed E-state index contributed by atoms with van der Waals surface area (Å²) >= 11 is 0. The maximum absolute atomic E-state index is 12.2. The third kappa shape index (κ3) is 3.97. The van der Waals surface area contributed by atoms with Gasteiger partial charge in [0.2, 0.25) is 0 Å². The van der Waals surface area contributed by atoms with E-state index in [1.54, 1.807) is 37.5 Å². The number of nitrogens with one attached hydrogen (secondary N) is 1. The molecule has 0 bridgehead atoms. The van der Waals surface area contributed by atoms with Gasteiger partial charge in [0.05, 0.1) is 7.11 Å². The second-order valence-corrected chi connectivity index (χ2v) is 4.77. The standard InChI is InChI=1S/C18H16N2O2/c1-13-6-8-14(9-7-13)10-15(12-19)18(21)20-16-4-3-5-17(11-16)22-2/h3-11H,1-2H3,(H,20,21)/b15-10+. The maximum Gasteiger partial charge on any atom is 0.266 e. The first-order valence-electron chi connectivity index (χ1n) is 6.76. The van der Waals surface area contributed by atoms with Gasteiger partial charge in [-0.15, -0.1) is 0 Å². The number of hydrogen-bond donors (Lipinski definition) is 1. The van der Waals surface area contributed by atoms with E-state index in [4.69, 9.17) is 4.74 Å². The van der Waals surface area contributed by atoms with E-state index in [2.05, 4.69) is 5.32 Å². The minimum atomic E-state index is -0.448. The first kappa shape index (κ1) is 15.3. The predicted octanol–water partition coefficient (Wildman–Crippen LogP) is 3.55. The van der Waals surface area contributed by atoms with Gasteiger partial charge in [-0.25, -0.2) is 0 Å². The molecule has 0 unspecified atom stereocenters. The van der Waals surface area contributed by atoms with Crippen LogP contribution in [0.1, 0.15) is 11.1 Å². The van der Waals surface area contributed by atoms with Crippen LogP contribution in [0, 0.1) is 18.3 Å². The summed E-state index contributed by atoms with van der Waals surface area (Å²) < 4.78 is 5.10. The number of methoxy groups -OCH3 is 1. The van der Waals surface area contributed by atoms with Crippen LogP contribution >= 0.6 is 0 Å². The summed E-state index contributed by atoms with van der Waals surface area (Å²) in [5.74, 6) is 0.190. The number of rotatable bonds is 4. The number of ether oxygens (including phenoxy) is 1. The van der Waals surface area contributed by atoms with Crippen LogP contribution in [-0.4, -0.2) is 13.0 Å². The number of nitrogens with zero attached hydrogens (tertiary/aromatic N) is 1. The molecule has 2 aromatic rings. The summed E-state index contributed by atoms with van der Waals surface area (Å²) in [5, 5.41) is 11.9. The summed E-state index contributed by atoms with van der Waals surface area (Å²) in [7, 11) is 1.55.